The Labute approximate surface area is 249 Å². The van der Waals surface area contributed by atoms with Gasteiger partial charge in [-0.1, -0.05) is 0 Å². The van der Waals surface area contributed by atoms with Crippen LogP contribution in [0.5, 0.6) is 51.7 Å². The van der Waals surface area contributed by atoms with Crippen molar-refractivity contribution in [2.45, 2.75) is 30.7 Å². The topological polar surface area (TPSA) is 311 Å². The molecule has 0 bridgehead atoms. The summed E-state index contributed by atoms with van der Waals surface area (Å²) >= 11 is 0. The molecule has 1 aliphatic rings. The van der Waals surface area contributed by atoms with Crippen molar-refractivity contribution in [3.05, 3.63) is 53.1 Å². The Balaban J connectivity index is 1.59. The lowest BCUT2D eigenvalue weighted by atomic mass is 9.98. The van der Waals surface area contributed by atoms with E-state index in [0.29, 0.717) is 24.3 Å². The molecule has 0 amide bonds. The zero-order chi connectivity index (χ0) is 33.3. The Hall–Kier alpha value is -5.85. The number of esters is 3. The summed E-state index contributed by atoms with van der Waals surface area (Å²) in [4.78, 5) is 38.1. The molecule has 0 aliphatic carbocycles. The van der Waals surface area contributed by atoms with Crippen molar-refractivity contribution in [1.29, 1.82) is 0 Å². The van der Waals surface area contributed by atoms with Crippen molar-refractivity contribution in [1.82, 2.24) is 0 Å². The number of rotatable bonds is 7. The molecule has 1 heterocycles. The zero-order valence-electron chi connectivity index (χ0n) is 22.3. The second kappa shape index (κ2) is 12.4. The minimum atomic E-state index is -2.18. The number of hydrogen-bond acceptors (Lipinski definition) is 18. The summed E-state index contributed by atoms with van der Waals surface area (Å²) in [6.07, 6.45) is -10.1. The average Bonchev–Trinajstić information content (AvgIpc) is 2.99. The fraction of sp³-hybridized carbons (Fsp3) is 0.222. The lowest BCUT2D eigenvalue weighted by molar-refractivity contribution is -0.284. The minimum absolute atomic E-state index is 0.488. The molecule has 5 atom stereocenters. The Morgan fingerprint density at radius 1 is 0.556 bits per heavy atom. The van der Waals surface area contributed by atoms with Crippen LogP contribution in [0, 0.1) is 0 Å². The van der Waals surface area contributed by atoms with Crippen LogP contribution in [0.1, 0.15) is 31.1 Å². The van der Waals surface area contributed by atoms with Crippen LogP contribution >= 0.6 is 0 Å². The molecule has 11 N–H and O–H groups in total. The van der Waals surface area contributed by atoms with Gasteiger partial charge in [-0.15, -0.1) is 0 Å². The maximum Gasteiger partial charge on any atom is 0.340 e. The molecule has 18 nitrogen and oxygen atoms in total. The highest BCUT2D eigenvalue weighted by atomic mass is 16.7. The van der Waals surface area contributed by atoms with E-state index in [1.165, 1.54) is 0 Å². The molecule has 0 saturated carbocycles. The number of phenols is 9. The highest BCUT2D eigenvalue weighted by molar-refractivity contribution is 5.92. The number of phenolic OH excluding ortho intramolecular Hbond substituents is 9. The zero-order valence-corrected chi connectivity index (χ0v) is 22.3. The molecule has 0 unspecified atom stereocenters. The predicted octanol–water partition coefficient (Wildman–Crippen LogP) is -0.277. The number of benzene rings is 3. The van der Waals surface area contributed by atoms with Gasteiger partial charge in [-0.2, -0.15) is 0 Å². The van der Waals surface area contributed by atoms with Crippen molar-refractivity contribution in [3.8, 4) is 51.7 Å². The summed E-state index contributed by atoms with van der Waals surface area (Å²) in [6, 6.07) is 4.22. The van der Waals surface area contributed by atoms with Crippen LogP contribution in [0.2, 0.25) is 0 Å². The molecule has 1 saturated heterocycles. The van der Waals surface area contributed by atoms with E-state index in [9.17, 15) is 70.6 Å². The van der Waals surface area contributed by atoms with Crippen molar-refractivity contribution >= 4 is 17.9 Å². The Bertz CT molecular complexity index is 1580. The van der Waals surface area contributed by atoms with Gasteiger partial charge in [0.2, 0.25) is 6.29 Å². The standard InChI is InChI=1S/C27H24O18/c28-11-1-8(2-12(29)18(11)34)24(39)42-7-17-23(44-25(40)9-3-13(30)19(35)14(31)4-9)21(37)22(38)27(43-17)45-26(41)10-5-15(32)20(36)16(33)6-10/h1-6,17,21-23,27-38H,7H2/t17-,21-,22-,23-,27-/m1/s1. The summed E-state index contributed by atoms with van der Waals surface area (Å²) < 4.78 is 20.7. The van der Waals surface area contributed by atoms with Crippen molar-refractivity contribution in [3.63, 3.8) is 0 Å². The van der Waals surface area contributed by atoms with E-state index in [2.05, 4.69) is 0 Å². The van der Waals surface area contributed by atoms with Crippen LogP contribution < -0.4 is 0 Å². The minimum Gasteiger partial charge on any atom is -0.504 e. The highest BCUT2D eigenvalue weighted by Crippen LogP contribution is 2.38. The summed E-state index contributed by atoms with van der Waals surface area (Å²) in [7, 11) is 0. The van der Waals surface area contributed by atoms with Gasteiger partial charge in [0.15, 0.2) is 57.8 Å². The molecule has 0 radical (unpaired) electrons. The van der Waals surface area contributed by atoms with Gasteiger partial charge in [0.1, 0.15) is 24.9 Å². The largest absolute Gasteiger partial charge is 0.504 e. The van der Waals surface area contributed by atoms with Gasteiger partial charge < -0.3 is 75.1 Å². The van der Waals surface area contributed by atoms with Crippen LogP contribution in [0.3, 0.4) is 0 Å². The molecule has 45 heavy (non-hydrogen) atoms. The predicted molar refractivity (Wildman–Crippen MR) is 140 cm³/mol. The van der Waals surface area contributed by atoms with Crippen LogP contribution in [0.25, 0.3) is 0 Å². The van der Waals surface area contributed by atoms with Gasteiger partial charge in [-0.25, -0.2) is 14.4 Å². The van der Waals surface area contributed by atoms with Gasteiger partial charge in [0.05, 0.1) is 16.7 Å². The molecule has 4 rings (SSSR count). The second-order valence-electron chi connectivity index (χ2n) is 9.49. The van der Waals surface area contributed by atoms with E-state index >= 15 is 0 Å². The Morgan fingerprint density at radius 2 is 0.911 bits per heavy atom. The first-order chi connectivity index (χ1) is 21.1. The quantitative estimate of drug-likeness (QED) is 0.0902. The van der Waals surface area contributed by atoms with Crippen LogP contribution in [-0.2, 0) is 18.9 Å². The maximum absolute atomic E-state index is 12.8. The van der Waals surface area contributed by atoms with E-state index < -0.39 is 124 Å². The number of hydrogen-bond donors (Lipinski definition) is 11. The normalized spacial score (nSPS) is 21.1. The Morgan fingerprint density at radius 3 is 1.31 bits per heavy atom. The van der Waals surface area contributed by atoms with E-state index in [1.807, 2.05) is 0 Å². The molecule has 0 aromatic heterocycles. The molecule has 3 aromatic rings. The van der Waals surface area contributed by atoms with E-state index in [-0.39, 0.29) is 0 Å². The van der Waals surface area contributed by atoms with Crippen molar-refractivity contribution in [2.75, 3.05) is 6.61 Å². The molecular formula is C27H24O18. The number of carbonyl (C=O) groups is 3. The molecule has 0 spiro atoms. The highest BCUT2D eigenvalue weighted by Gasteiger charge is 2.49. The third-order valence-electron chi connectivity index (χ3n) is 6.40. The Kier molecular flexibility index (Phi) is 8.84. The summed E-state index contributed by atoms with van der Waals surface area (Å²) in [5, 5.41) is 108. The number of ether oxygens (including phenoxy) is 4. The summed E-state index contributed by atoms with van der Waals surface area (Å²) in [5.74, 6) is -12.3. The first-order valence-electron chi connectivity index (χ1n) is 12.4. The first-order valence-corrected chi connectivity index (χ1v) is 12.4. The average molecular weight is 636 g/mol. The molecule has 240 valence electrons. The molecule has 1 aliphatic heterocycles. The van der Waals surface area contributed by atoms with Gasteiger partial charge in [-0.3, -0.25) is 0 Å². The fourth-order valence-electron chi connectivity index (χ4n) is 4.06. The van der Waals surface area contributed by atoms with Gasteiger partial charge >= 0.3 is 17.9 Å². The van der Waals surface area contributed by atoms with Crippen molar-refractivity contribution in [2.24, 2.45) is 0 Å². The molecule has 18 heteroatoms. The van der Waals surface area contributed by atoms with E-state index in [1.54, 1.807) is 0 Å². The number of aromatic hydroxyl groups is 9. The number of aliphatic hydroxyl groups excluding tert-OH is 2. The number of carbonyl (C=O) groups excluding carboxylic acids is 3. The number of aliphatic hydroxyl groups is 2. The van der Waals surface area contributed by atoms with E-state index in [4.69, 9.17) is 18.9 Å². The fourth-order valence-corrected chi connectivity index (χ4v) is 4.06. The van der Waals surface area contributed by atoms with Gasteiger partial charge in [0, 0.05) is 0 Å². The maximum atomic E-state index is 12.8. The van der Waals surface area contributed by atoms with Gasteiger partial charge in [-0.05, 0) is 36.4 Å². The lowest BCUT2D eigenvalue weighted by Gasteiger charge is -2.41. The molecular weight excluding hydrogens is 612 g/mol. The van der Waals surface area contributed by atoms with Crippen LogP contribution in [0.15, 0.2) is 36.4 Å². The van der Waals surface area contributed by atoms with Crippen molar-refractivity contribution < 1.29 is 89.5 Å². The summed E-state index contributed by atoms with van der Waals surface area (Å²) in [5.41, 5.74) is -1.60. The third kappa shape index (κ3) is 6.56. The smallest absolute Gasteiger partial charge is 0.340 e. The van der Waals surface area contributed by atoms with Crippen LogP contribution in [0.4, 0.5) is 0 Å². The first kappa shape index (κ1) is 32.1. The van der Waals surface area contributed by atoms with Crippen LogP contribution in [-0.4, -0.2) is 111 Å². The summed E-state index contributed by atoms with van der Waals surface area (Å²) in [6.45, 7) is -0.941. The molecule has 3 aromatic carbocycles. The monoisotopic (exact) mass is 636 g/mol. The van der Waals surface area contributed by atoms with E-state index in [0.717, 1.165) is 12.1 Å². The second-order valence-corrected chi connectivity index (χ2v) is 9.49. The SMILES string of the molecule is O=C(OC[C@H]1O[C@H](OC(=O)c2cc(O)c(O)c(O)c2)[C@H](O)[C@@H](O)[C@@H]1OC(=O)c1cc(O)c(O)c(O)c1)c1cc(O)c(O)c(O)c1. The van der Waals surface area contributed by atoms with Gasteiger partial charge in [0.25, 0.3) is 0 Å². The molecule has 1 fully saturated rings. The lowest BCUT2D eigenvalue weighted by Crippen LogP contribution is -2.61. The third-order valence-corrected chi connectivity index (χ3v) is 6.40.